The molecule has 80 valence electrons. The molecule has 0 rings (SSSR count). The molecule has 0 fully saturated rings. The highest BCUT2D eigenvalue weighted by molar-refractivity contribution is 9.09. The summed E-state index contributed by atoms with van der Waals surface area (Å²) in [5.74, 6) is 6.24. The van der Waals surface area contributed by atoms with E-state index in [0.29, 0.717) is 0 Å². The minimum atomic E-state index is 1.05. The van der Waals surface area contributed by atoms with Crippen LogP contribution >= 0.6 is 15.9 Å². The summed E-state index contributed by atoms with van der Waals surface area (Å²) < 4.78 is 0. The fourth-order valence-corrected chi connectivity index (χ4v) is 1.50. The molecule has 1 heteroatoms. The van der Waals surface area contributed by atoms with Gasteiger partial charge in [0.1, 0.15) is 0 Å². The third kappa shape index (κ3) is 11.8. The molecule has 0 saturated carbocycles. The van der Waals surface area contributed by atoms with E-state index in [9.17, 15) is 0 Å². The van der Waals surface area contributed by atoms with Gasteiger partial charge < -0.3 is 0 Å². The maximum atomic E-state index is 3.43. The lowest BCUT2D eigenvalue weighted by Crippen LogP contribution is -1.77. The Morgan fingerprint density at radius 1 is 1.14 bits per heavy atom. The first-order chi connectivity index (χ1) is 6.91. The van der Waals surface area contributed by atoms with Crippen LogP contribution in [-0.2, 0) is 0 Å². The summed E-state index contributed by atoms with van der Waals surface area (Å²) in [6.07, 6.45) is 12.8. The highest BCUT2D eigenvalue weighted by Gasteiger charge is 1.85. The fraction of sp³-hybridized carbons (Fsp3) is 0.692. The Labute approximate surface area is 97.3 Å². The molecule has 0 aromatic carbocycles. The molecule has 0 heterocycles. The molecule has 0 radical (unpaired) electrons. The zero-order valence-corrected chi connectivity index (χ0v) is 10.8. The highest BCUT2D eigenvalue weighted by Crippen LogP contribution is 2.03. The van der Waals surface area contributed by atoms with Crippen molar-refractivity contribution >= 4 is 15.9 Å². The Kier molecular flexibility index (Phi) is 12.6. The maximum Gasteiger partial charge on any atom is 0.00922 e. The average molecular weight is 257 g/mol. The monoisotopic (exact) mass is 256 g/mol. The lowest BCUT2D eigenvalue weighted by atomic mass is 10.1. The van der Waals surface area contributed by atoms with Crippen molar-refractivity contribution in [1.29, 1.82) is 0 Å². The number of hydrogen-bond acceptors (Lipinski definition) is 0. The van der Waals surface area contributed by atoms with Gasteiger partial charge in [-0.05, 0) is 25.3 Å². The third-order valence-corrected chi connectivity index (χ3v) is 2.50. The van der Waals surface area contributed by atoms with Crippen LogP contribution in [0.5, 0.6) is 0 Å². The zero-order valence-electron chi connectivity index (χ0n) is 9.19. The second-order valence-electron chi connectivity index (χ2n) is 3.37. The van der Waals surface area contributed by atoms with E-state index in [-0.39, 0.29) is 0 Å². The van der Waals surface area contributed by atoms with Crippen molar-refractivity contribution in [2.24, 2.45) is 0 Å². The topological polar surface area (TPSA) is 0 Å². The van der Waals surface area contributed by atoms with Crippen LogP contribution in [-0.4, -0.2) is 5.33 Å². The second-order valence-corrected chi connectivity index (χ2v) is 4.16. The Bertz CT molecular complexity index is 183. The van der Waals surface area contributed by atoms with Gasteiger partial charge in [-0.2, -0.15) is 0 Å². The number of rotatable bonds is 7. The average Bonchev–Trinajstić information content (AvgIpc) is 2.21. The summed E-state index contributed by atoms with van der Waals surface area (Å²) in [5.41, 5.74) is 0. The molecule has 0 spiro atoms. The smallest absolute Gasteiger partial charge is 0.00922 e. The van der Waals surface area contributed by atoms with Crippen LogP contribution in [0.1, 0.15) is 51.9 Å². The third-order valence-electron chi connectivity index (χ3n) is 1.94. The predicted molar refractivity (Wildman–Crippen MR) is 68.7 cm³/mol. The van der Waals surface area contributed by atoms with Crippen LogP contribution in [0.2, 0.25) is 0 Å². The molecule has 14 heavy (non-hydrogen) atoms. The zero-order chi connectivity index (χ0) is 10.5. The summed E-state index contributed by atoms with van der Waals surface area (Å²) >= 11 is 3.43. The minimum Gasteiger partial charge on any atom is -0.0985 e. The van der Waals surface area contributed by atoms with E-state index in [1.54, 1.807) is 0 Å². The van der Waals surface area contributed by atoms with Crippen molar-refractivity contribution in [3.63, 3.8) is 0 Å². The van der Waals surface area contributed by atoms with Gasteiger partial charge in [0.15, 0.2) is 0 Å². The Morgan fingerprint density at radius 2 is 1.93 bits per heavy atom. The maximum absolute atomic E-state index is 3.43. The Balaban J connectivity index is 3.17. The largest absolute Gasteiger partial charge is 0.0985 e. The van der Waals surface area contributed by atoms with Gasteiger partial charge in [0.2, 0.25) is 0 Å². The molecule has 0 aliphatic rings. The number of hydrogen-bond donors (Lipinski definition) is 0. The molecular formula is C13H21Br. The summed E-state index contributed by atoms with van der Waals surface area (Å²) in [6.45, 7) is 2.18. The van der Waals surface area contributed by atoms with Crippen LogP contribution in [0.3, 0.4) is 0 Å². The fourth-order valence-electron chi connectivity index (χ4n) is 1.10. The van der Waals surface area contributed by atoms with Gasteiger partial charge >= 0.3 is 0 Å². The van der Waals surface area contributed by atoms with Gasteiger partial charge in [0.25, 0.3) is 0 Å². The van der Waals surface area contributed by atoms with Gasteiger partial charge in [-0.25, -0.2) is 0 Å². The first-order valence-electron chi connectivity index (χ1n) is 5.61. The van der Waals surface area contributed by atoms with E-state index in [1.807, 2.05) is 6.08 Å². The van der Waals surface area contributed by atoms with Gasteiger partial charge in [-0.15, -0.1) is 0 Å². The Morgan fingerprint density at radius 3 is 2.64 bits per heavy atom. The highest BCUT2D eigenvalue weighted by atomic mass is 79.9. The van der Waals surface area contributed by atoms with Crippen molar-refractivity contribution in [3.8, 4) is 11.8 Å². The van der Waals surface area contributed by atoms with Gasteiger partial charge in [-0.3, -0.25) is 0 Å². The molecule has 0 bridgehead atoms. The van der Waals surface area contributed by atoms with E-state index in [0.717, 1.165) is 18.2 Å². The van der Waals surface area contributed by atoms with Crippen LogP contribution in [0.15, 0.2) is 12.2 Å². The normalized spacial score (nSPS) is 10.1. The lowest BCUT2D eigenvalue weighted by molar-refractivity contribution is 0.685. The van der Waals surface area contributed by atoms with Gasteiger partial charge in [0, 0.05) is 11.8 Å². The number of allylic oxidation sites excluding steroid dienone is 2. The molecule has 0 aromatic rings. The molecular weight excluding hydrogens is 236 g/mol. The first kappa shape index (κ1) is 13.8. The lowest BCUT2D eigenvalue weighted by Gasteiger charge is -1.93. The standard InChI is InChI=1S/C13H21Br/c1-2-3-4-5-6-7-8-9-10-11-12-13-14/h4-5H,2-3,8-13H2,1H3. The molecule has 0 aliphatic carbocycles. The quantitative estimate of drug-likeness (QED) is 0.352. The number of unbranched alkanes of at least 4 members (excludes halogenated alkanes) is 5. The molecule has 0 amide bonds. The summed E-state index contributed by atoms with van der Waals surface area (Å²) in [7, 11) is 0. The molecule has 0 N–H and O–H groups in total. The first-order valence-corrected chi connectivity index (χ1v) is 6.73. The Hall–Kier alpha value is -0.220. The molecule has 0 unspecified atom stereocenters. The van der Waals surface area contributed by atoms with Crippen LogP contribution < -0.4 is 0 Å². The van der Waals surface area contributed by atoms with Crippen LogP contribution in [0.4, 0.5) is 0 Å². The van der Waals surface area contributed by atoms with Crippen molar-refractivity contribution < 1.29 is 0 Å². The van der Waals surface area contributed by atoms with E-state index in [4.69, 9.17) is 0 Å². The molecule has 0 aromatic heterocycles. The van der Waals surface area contributed by atoms with Gasteiger partial charge in [0.05, 0.1) is 0 Å². The van der Waals surface area contributed by atoms with Crippen molar-refractivity contribution in [3.05, 3.63) is 12.2 Å². The van der Waals surface area contributed by atoms with Crippen molar-refractivity contribution in [1.82, 2.24) is 0 Å². The minimum absolute atomic E-state index is 1.05. The summed E-state index contributed by atoms with van der Waals surface area (Å²) in [6, 6.07) is 0. The second kappa shape index (κ2) is 12.8. The molecule has 0 atom stereocenters. The van der Waals surface area contributed by atoms with E-state index in [2.05, 4.69) is 40.8 Å². The van der Waals surface area contributed by atoms with E-state index in [1.165, 1.54) is 32.1 Å². The predicted octanol–water partition coefficient (Wildman–Crippen LogP) is 4.69. The SMILES string of the molecule is CCCC=CC#CCCCCCCBr. The van der Waals surface area contributed by atoms with E-state index < -0.39 is 0 Å². The van der Waals surface area contributed by atoms with Crippen molar-refractivity contribution in [2.75, 3.05) is 5.33 Å². The molecule has 0 saturated heterocycles. The van der Waals surface area contributed by atoms with E-state index >= 15 is 0 Å². The summed E-state index contributed by atoms with van der Waals surface area (Å²) in [4.78, 5) is 0. The number of alkyl halides is 1. The van der Waals surface area contributed by atoms with Crippen LogP contribution in [0, 0.1) is 11.8 Å². The molecule has 0 nitrogen and oxygen atoms in total. The van der Waals surface area contributed by atoms with Crippen molar-refractivity contribution in [2.45, 2.75) is 51.9 Å². The number of halogens is 1. The summed E-state index contributed by atoms with van der Waals surface area (Å²) in [5, 5.41) is 1.14. The molecule has 0 aliphatic heterocycles. The van der Waals surface area contributed by atoms with Gasteiger partial charge in [-0.1, -0.05) is 60.0 Å². The van der Waals surface area contributed by atoms with Crippen LogP contribution in [0.25, 0.3) is 0 Å².